The average Bonchev–Trinajstić information content (AvgIpc) is 3.94. The molecule has 0 atom stereocenters. The second kappa shape index (κ2) is 12.4. The van der Waals surface area contributed by atoms with Crippen LogP contribution in [0.15, 0.2) is 194 Å². The Hall–Kier alpha value is -6.72. The van der Waals surface area contributed by atoms with E-state index < -0.39 is 0 Å². The minimum Gasteiger partial charge on any atom is -0.310 e. The number of benzene rings is 9. The van der Waals surface area contributed by atoms with Gasteiger partial charge < -0.3 is 9.47 Å². The van der Waals surface area contributed by atoms with E-state index in [1.807, 2.05) is 22.7 Å². The smallest absolute Gasteiger partial charge is 0.0548 e. The zero-order valence-corrected chi connectivity index (χ0v) is 31.8. The van der Waals surface area contributed by atoms with Crippen molar-refractivity contribution in [3.63, 3.8) is 0 Å². The maximum absolute atomic E-state index is 2.48. The molecule has 12 aromatic rings. The van der Waals surface area contributed by atoms with E-state index in [4.69, 9.17) is 0 Å². The highest BCUT2D eigenvalue weighted by Crippen LogP contribution is 2.48. The lowest BCUT2D eigenvalue weighted by molar-refractivity contribution is 1.18. The van der Waals surface area contributed by atoms with Gasteiger partial charge in [-0.15, -0.1) is 22.7 Å². The topological polar surface area (TPSA) is 8.17 Å². The summed E-state index contributed by atoms with van der Waals surface area (Å²) in [6.45, 7) is 0. The number of hydrogen-bond donors (Lipinski definition) is 0. The molecule has 0 aliphatic heterocycles. The monoisotopic (exact) mass is 748 g/mol. The van der Waals surface area contributed by atoms with E-state index in [2.05, 4.69) is 204 Å². The molecule has 0 spiro atoms. The standard InChI is InChI=1S/C52H32N2S2/c1-2-13-36(14-3-1)53(42-18-10-12-35-11-4-5-15-39(35)42)37-25-21-33(22-26-37)34-23-27-38(28-24-34)54-43-29-31-47-49(40-16-6-8-19-45(40)55-47)51(43)52-44(54)30-32-48-50(52)41-17-7-9-20-46(41)56-48/h1-32H. The summed E-state index contributed by atoms with van der Waals surface area (Å²) in [5.41, 5.74) is 9.44. The third-order valence-corrected chi connectivity index (χ3v) is 13.7. The molecule has 0 fully saturated rings. The minimum absolute atomic E-state index is 1.12. The third kappa shape index (κ3) is 4.73. The molecule has 56 heavy (non-hydrogen) atoms. The fourth-order valence-electron chi connectivity index (χ4n) is 8.91. The largest absolute Gasteiger partial charge is 0.310 e. The second-order valence-electron chi connectivity index (χ2n) is 14.5. The van der Waals surface area contributed by atoms with Crippen LogP contribution in [0, 0.1) is 0 Å². The van der Waals surface area contributed by atoms with Crippen molar-refractivity contribution < 1.29 is 0 Å². The Morgan fingerprint density at radius 3 is 1.46 bits per heavy atom. The van der Waals surface area contributed by atoms with Gasteiger partial charge >= 0.3 is 0 Å². The van der Waals surface area contributed by atoms with Crippen LogP contribution >= 0.6 is 22.7 Å². The van der Waals surface area contributed by atoms with Crippen molar-refractivity contribution in [3.05, 3.63) is 194 Å². The van der Waals surface area contributed by atoms with E-state index in [0.29, 0.717) is 0 Å². The molecule has 0 amide bonds. The average molecular weight is 749 g/mol. The summed E-state index contributed by atoms with van der Waals surface area (Å²) in [6, 6.07) is 71.1. The highest BCUT2D eigenvalue weighted by atomic mass is 32.1. The molecule has 0 saturated carbocycles. The second-order valence-corrected chi connectivity index (χ2v) is 16.6. The fraction of sp³-hybridized carbons (Fsp3) is 0. The molecular formula is C52H32N2S2. The van der Waals surface area contributed by atoms with E-state index >= 15 is 0 Å². The van der Waals surface area contributed by atoms with Gasteiger partial charge in [0.15, 0.2) is 0 Å². The number of fused-ring (bicyclic) bond motifs is 12. The van der Waals surface area contributed by atoms with Crippen molar-refractivity contribution >= 4 is 113 Å². The van der Waals surface area contributed by atoms with Gasteiger partial charge in [-0.1, -0.05) is 115 Å². The summed E-state index contributed by atoms with van der Waals surface area (Å²) in [5, 5.41) is 10.5. The Balaban J connectivity index is 1.00. The Bertz CT molecular complexity index is 3330. The predicted octanol–water partition coefficient (Wildman–Crippen LogP) is 15.8. The molecule has 9 aromatic carbocycles. The number of nitrogens with zero attached hydrogens (tertiary/aromatic N) is 2. The maximum Gasteiger partial charge on any atom is 0.0548 e. The molecule has 2 nitrogen and oxygen atoms in total. The molecule has 0 aliphatic carbocycles. The molecule has 4 heteroatoms. The SMILES string of the molecule is c1ccc(N(c2ccc(-c3ccc(-n4c5ccc6sc7ccccc7c6c5c5c6c(ccc54)sc4ccccc46)cc3)cc2)c2cccc3ccccc23)cc1. The summed E-state index contributed by atoms with van der Waals surface area (Å²) in [7, 11) is 0. The summed E-state index contributed by atoms with van der Waals surface area (Å²) < 4.78 is 7.81. The Kier molecular flexibility index (Phi) is 7.00. The molecule has 0 unspecified atom stereocenters. The molecule has 0 saturated heterocycles. The minimum atomic E-state index is 1.12. The van der Waals surface area contributed by atoms with Crippen LogP contribution in [0.25, 0.3) is 89.7 Å². The van der Waals surface area contributed by atoms with Crippen LogP contribution in [0.2, 0.25) is 0 Å². The summed E-state index contributed by atoms with van der Waals surface area (Å²) in [6.07, 6.45) is 0. The van der Waals surface area contributed by atoms with Crippen molar-refractivity contribution in [3.8, 4) is 16.8 Å². The van der Waals surface area contributed by atoms with Gasteiger partial charge in [-0.05, 0) is 95.4 Å². The Morgan fingerprint density at radius 2 is 0.839 bits per heavy atom. The zero-order chi connectivity index (χ0) is 36.7. The number of hydrogen-bond acceptors (Lipinski definition) is 3. The number of anilines is 3. The first-order valence-corrected chi connectivity index (χ1v) is 20.6. The van der Waals surface area contributed by atoms with Crippen LogP contribution in [-0.4, -0.2) is 4.57 Å². The fourth-order valence-corrected chi connectivity index (χ4v) is 11.1. The van der Waals surface area contributed by atoms with Gasteiger partial charge in [-0.2, -0.15) is 0 Å². The van der Waals surface area contributed by atoms with E-state index in [9.17, 15) is 0 Å². The maximum atomic E-state index is 2.48. The van der Waals surface area contributed by atoms with Crippen molar-refractivity contribution in [1.82, 2.24) is 4.57 Å². The van der Waals surface area contributed by atoms with Crippen LogP contribution in [0.1, 0.15) is 0 Å². The first-order chi connectivity index (χ1) is 27.8. The molecule has 0 radical (unpaired) electrons. The number of para-hydroxylation sites is 1. The predicted molar refractivity (Wildman–Crippen MR) is 244 cm³/mol. The first kappa shape index (κ1) is 31.6. The molecule has 3 aromatic heterocycles. The number of rotatable bonds is 5. The summed E-state index contributed by atoms with van der Waals surface area (Å²) >= 11 is 3.78. The molecule has 12 rings (SSSR count). The molecule has 0 aliphatic rings. The molecule has 0 bridgehead atoms. The van der Waals surface area contributed by atoms with Crippen molar-refractivity contribution in [2.24, 2.45) is 0 Å². The van der Waals surface area contributed by atoms with Crippen molar-refractivity contribution in [2.75, 3.05) is 4.90 Å². The van der Waals surface area contributed by atoms with Gasteiger partial charge in [0, 0.05) is 73.6 Å². The van der Waals surface area contributed by atoms with Gasteiger partial charge in [0.05, 0.1) is 16.7 Å². The van der Waals surface area contributed by atoms with Crippen LogP contribution in [0.3, 0.4) is 0 Å². The van der Waals surface area contributed by atoms with Crippen LogP contribution in [-0.2, 0) is 0 Å². The van der Waals surface area contributed by atoms with Gasteiger partial charge in [-0.25, -0.2) is 0 Å². The molecular weight excluding hydrogens is 717 g/mol. The van der Waals surface area contributed by atoms with Crippen molar-refractivity contribution in [2.45, 2.75) is 0 Å². The third-order valence-electron chi connectivity index (χ3n) is 11.4. The highest BCUT2D eigenvalue weighted by Gasteiger charge is 2.22. The Morgan fingerprint density at radius 1 is 0.339 bits per heavy atom. The zero-order valence-electron chi connectivity index (χ0n) is 30.2. The van der Waals surface area contributed by atoms with Crippen LogP contribution in [0.5, 0.6) is 0 Å². The molecule has 0 N–H and O–H groups in total. The normalized spacial score (nSPS) is 11.9. The Labute approximate surface area is 331 Å². The number of thiophene rings is 2. The van der Waals surface area contributed by atoms with Gasteiger partial charge in [0.2, 0.25) is 0 Å². The lowest BCUT2D eigenvalue weighted by Gasteiger charge is -2.27. The van der Waals surface area contributed by atoms with E-state index in [1.165, 1.54) is 84.0 Å². The quantitative estimate of drug-likeness (QED) is 0.170. The van der Waals surface area contributed by atoms with Gasteiger partial charge in [0.25, 0.3) is 0 Å². The van der Waals surface area contributed by atoms with E-state index in [0.717, 1.165) is 22.7 Å². The number of aromatic nitrogens is 1. The summed E-state index contributed by atoms with van der Waals surface area (Å²) in [4.78, 5) is 2.36. The van der Waals surface area contributed by atoms with Crippen LogP contribution in [0.4, 0.5) is 17.1 Å². The lowest BCUT2D eigenvalue weighted by atomic mass is 10.0. The highest BCUT2D eigenvalue weighted by molar-refractivity contribution is 7.26. The van der Waals surface area contributed by atoms with E-state index in [-0.39, 0.29) is 0 Å². The molecule has 3 heterocycles. The molecule has 262 valence electrons. The van der Waals surface area contributed by atoms with Crippen molar-refractivity contribution in [1.29, 1.82) is 0 Å². The van der Waals surface area contributed by atoms with Gasteiger partial charge in [0.1, 0.15) is 0 Å². The van der Waals surface area contributed by atoms with Gasteiger partial charge in [-0.3, -0.25) is 0 Å². The first-order valence-electron chi connectivity index (χ1n) is 19.0. The summed E-state index contributed by atoms with van der Waals surface area (Å²) in [5.74, 6) is 0. The lowest BCUT2D eigenvalue weighted by Crippen LogP contribution is -2.10. The van der Waals surface area contributed by atoms with E-state index in [1.54, 1.807) is 0 Å². The van der Waals surface area contributed by atoms with Crippen LogP contribution < -0.4 is 4.90 Å².